The van der Waals surface area contributed by atoms with Crippen molar-refractivity contribution in [2.24, 2.45) is 5.73 Å². The number of rotatable bonds is 4. The quantitative estimate of drug-likeness (QED) is 0.426. The highest BCUT2D eigenvalue weighted by atomic mass is 16.6. The van der Waals surface area contributed by atoms with Crippen LogP contribution in [0.3, 0.4) is 0 Å². The second-order valence-electron chi connectivity index (χ2n) is 5.85. The van der Waals surface area contributed by atoms with Crippen molar-refractivity contribution in [1.82, 2.24) is 15.3 Å². The van der Waals surface area contributed by atoms with Gasteiger partial charge in [-0.25, -0.2) is 14.2 Å². The van der Waals surface area contributed by atoms with E-state index in [1.807, 2.05) is 24.3 Å². The van der Waals surface area contributed by atoms with Crippen molar-refractivity contribution in [2.75, 3.05) is 0 Å². The van der Waals surface area contributed by atoms with E-state index >= 15 is 0 Å². The molecule has 0 spiro atoms. The molecule has 0 unspecified atom stereocenters. The summed E-state index contributed by atoms with van der Waals surface area (Å²) in [7, 11) is 0. The van der Waals surface area contributed by atoms with E-state index in [0.29, 0.717) is 11.0 Å². The number of aromatic nitrogens is 3. The summed E-state index contributed by atoms with van der Waals surface area (Å²) in [6.45, 7) is 0. The summed E-state index contributed by atoms with van der Waals surface area (Å²) in [6, 6.07) is 11.2. The van der Waals surface area contributed by atoms with Gasteiger partial charge in [0.2, 0.25) is 0 Å². The summed E-state index contributed by atoms with van der Waals surface area (Å²) in [6.07, 6.45) is 2.05. The number of hydrogen-bond donors (Lipinski definition) is 2. The van der Waals surface area contributed by atoms with Crippen LogP contribution in [0.25, 0.3) is 21.9 Å². The Morgan fingerprint density at radius 3 is 2.85 bits per heavy atom. The minimum Gasteiger partial charge on any atom is -0.388 e. The van der Waals surface area contributed by atoms with Gasteiger partial charge in [-0.2, -0.15) is 0 Å². The van der Waals surface area contributed by atoms with E-state index in [0.717, 1.165) is 16.5 Å². The number of esters is 2. The topological polar surface area (TPSA) is 124 Å². The normalized spacial score (nSPS) is 12.3. The highest BCUT2D eigenvalue weighted by Crippen LogP contribution is 2.19. The van der Waals surface area contributed by atoms with Gasteiger partial charge in [-0.3, -0.25) is 0 Å². The third-order valence-corrected chi connectivity index (χ3v) is 4.10. The maximum atomic E-state index is 12.2. The smallest absolute Gasteiger partial charge is 0.345 e. The van der Waals surface area contributed by atoms with E-state index in [1.54, 1.807) is 12.3 Å². The van der Waals surface area contributed by atoms with Crippen LogP contribution in [0.15, 0.2) is 53.3 Å². The molecule has 2 aromatic carbocycles. The number of ether oxygens (including phenoxy) is 1. The molecule has 2 aromatic heterocycles. The molecule has 0 aliphatic heterocycles. The third-order valence-electron chi connectivity index (χ3n) is 4.10. The zero-order valence-corrected chi connectivity index (χ0v) is 13.5. The van der Waals surface area contributed by atoms with Crippen LogP contribution in [0.5, 0.6) is 0 Å². The van der Waals surface area contributed by atoms with Crippen molar-refractivity contribution in [1.29, 1.82) is 0 Å². The average Bonchev–Trinajstić information content (AvgIpc) is 3.28. The third kappa shape index (κ3) is 2.93. The van der Waals surface area contributed by atoms with Gasteiger partial charge in [0.1, 0.15) is 17.1 Å². The molecule has 1 atom stereocenters. The van der Waals surface area contributed by atoms with Crippen LogP contribution in [0.2, 0.25) is 0 Å². The fraction of sp³-hybridized carbons (Fsp3) is 0.111. The molecular weight excluding hydrogens is 336 g/mol. The van der Waals surface area contributed by atoms with Crippen molar-refractivity contribution >= 4 is 33.9 Å². The Labute approximate surface area is 146 Å². The summed E-state index contributed by atoms with van der Waals surface area (Å²) in [4.78, 5) is 27.5. The minimum absolute atomic E-state index is 0.167. The number of H-pyrrole nitrogens is 1. The lowest BCUT2D eigenvalue weighted by atomic mass is 10.1. The van der Waals surface area contributed by atoms with Gasteiger partial charge in [0.15, 0.2) is 0 Å². The zero-order chi connectivity index (χ0) is 18.1. The molecule has 3 N–H and O–H groups in total. The number of fused-ring (bicyclic) bond motifs is 2. The van der Waals surface area contributed by atoms with E-state index in [9.17, 15) is 9.59 Å². The maximum absolute atomic E-state index is 12.2. The molecule has 0 saturated heterocycles. The Bertz CT molecular complexity index is 1110. The molecule has 0 fully saturated rings. The van der Waals surface area contributed by atoms with Crippen LogP contribution in [-0.4, -0.2) is 33.3 Å². The van der Waals surface area contributed by atoms with E-state index < -0.39 is 18.0 Å². The number of aromatic amines is 1. The molecule has 0 amide bonds. The Morgan fingerprint density at radius 1 is 1.15 bits per heavy atom. The van der Waals surface area contributed by atoms with E-state index in [-0.39, 0.29) is 12.0 Å². The SMILES string of the molecule is N[C@@H](Cc1c[nH]c2ccccc12)C(=O)OC(=O)c1ccc2nonc2c1. The van der Waals surface area contributed by atoms with Gasteiger partial charge in [-0.05, 0) is 40.1 Å². The molecule has 4 rings (SSSR count). The van der Waals surface area contributed by atoms with Crippen molar-refractivity contribution in [2.45, 2.75) is 12.5 Å². The summed E-state index contributed by atoms with van der Waals surface area (Å²) < 4.78 is 9.46. The first-order chi connectivity index (χ1) is 12.6. The second kappa shape index (κ2) is 6.41. The lowest BCUT2D eigenvalue weighted by Crippen LogP contribution is -2.35. The van der Waals surface area contributed by atoms with E-state index in [4.69, 9.17) is 10.5 Å². The lowest BCUT2D eigenvalue weighted by Gasteiger charge is -2.10. The van der Waals surface area contributed by atoms with Gasteiger partial charge in [-0.1, -0.05) is 18.2 Å². The molecule has 0 saturated carbocycles. The van der Waals surface area contributed by atoms with Crippen LogP contribution in [0.4, 0.5) is 0 Å². The number of carbonyl (C=O) groups is 2. The molecule has 4 aromatic rings. The van der Waals surface area contributed by atoms with Gasteiger partial charge >= 0.3 is 11.9 Å². The largest absolute Gasteiger partial charge is 0.388 e. The molecule has 0 bridgehead atoms. The van der Waals surface area contributed by atoms with Gasteiger partial charge < -0.3 is 15.5 Å². The summed E-state index contributed by atoms with van der Waals surface area (Å²) in [5, 5.41) is 8.27. The fourth-order valence-corrected chi connectivity index (χ4v) is 2.76. The minimum atomic E-state index is -0.962. The highest BCUT2D eigenvalue weighted by Gasteiger charge is 2.22. The monoisotopic (exact) mass is 350 g/mol. The highest BCUT2D eigenvalue weighted by molar-refractivity contribution is 6.00. The molecule has 0 aliphatic carbocycles. The van der Waals surface area contributed by atoms with Crippen molar-refractivity contribution in [3.8, 4) is 0 Å². The van der Waals surface area contributed by atoms with Crippen LogP contribution >= 0.6 is 0 Å². The van der Waals surface area contributed by atoms with Crippen LogP contribution < -0.4 is 5.73 Å². The Hall–Kier alpha value is -3.52. The summed E-state index contributed by atoms with van der Waals surface area (Å²) >= 11 is 0. The molecule has 8 heteroatoms. The Morgan fingerprint density at radius 2 is 1.96 bits per heavy atom. The summed E-state index contributed by atoms with van der Waals surface area (Å²) in [5.41, 5.74) is 8.83. The first kappa shape index (κ1) is 16.0. The molecule has 8 nitrogen and oxygen atoms in total. The van der Waals surface area contributed by atoms with Gasteiger partial charge in [0.05, 0.1) is 5.56 Å². The number of hydrogen-bond acceptors (Lipinski definition) is 7. The fourth-order valence-electron chi connectivity index (χ4n) is 2.76. The predicted octanol–water partition coefficient (Wildman–Crippen LogP) is 1.96. The van der Waals surface area contributed by atoms with Crippen LogP contribution in [-0.2, 0) is 16.0 Å². The van der Waals surface area contributed by atoms with Crippen molar-refractivity contribution in [3.63, 3.8) is 0 Å². The summed E-state index contributed by atoms with van der Waals surface area (Å²) in [5.74, 6) is -1.59. The molecule has 130 valence electrons. The Kier molecular flexibility index (Phi) is 3.94. The molecule has 26 heavy (non-hydrogen) atoms. The number of benzene rings is 2. The lowest BCUT2D eigenvalue weighted by molar-refractivity contribution is -0.139. The number of nitrogens with zero attached hydrogens (tertiary/aromatic N) is 2. The average molecular weight is 350 g/mol. The van der Waals surface area contributed by atoms with E-state index in [1.165, 1.54) is 12.1 Å². The molecular formula is C18H14N4O4. The molecule has 2 heterocycles. The van der Waals surface area contributed by atoms with Gasteiger partial charge in [0, 0.05) is 23.5 Å². The zero-order valence-electron chi connectivity index (χ0n) is 13.5. The Balaban J connectivity index is 1.45. The van der Waals surface area contributed by atoms with Gasteiger partial charge in [-0.15, -0.1) is 0 Å². The maximum Gasteiger partial charge on any atom is 0.345 e. The number of para-hydroxylation sites is 1. The van der Waals surface area contributed by atoms with Crippen LogP contribution in [0, 0.1) is 0 Å². The number of carbonyl (C=O) groups excluding carboxylic acids is 2. The molecule has 0 radical (unpaired) electrons. The van der Waals surface area contributed by atoms with Gasteiger partial charge in [0.25, 0.3) is 0 Å². The van der Waals surface area contributed by atoms with Crippen molar-refractivity contribution < 1.29 is 19.0 Å². The predicted molar refractivity (Wildman–Crippen MR) is 92.2 cm³/mol. The number of nitrogens with one attached hydrogen (secondary N) is 1. The first-order valence-electron chi connectivity index (χ1n) is 7.91. The first-order valence-corrected chi connectivity index (χ1v) is 7.91. The van der Waals surface area contributed by atoms with Crippen molar-refractivity contribution in [3.05, 3.63) is 59.8 Å². The standard InChI is InChI=1S/C18H14N4O4/c19-13(7-11-9-20-14-4-2-1-3-12(11)14)18(24)25-17(23)10-5-6-15-16(8-10)22-26-21-15/h1-6,8-9,13,20H,7,19H2/t13-/m0/s1. The van der Waals surface area contributed by atoms with E-state index in [2.05, 4.69) is 19.9 Å². The second-order valence-corrected chi connectivity index (χ2v) is 5.85. The molecule has 0 aliphatic rings. The number of nitrogens with two attached hydrogens (primary N) is 1. The van der Waals surface area contributed by atoms with Crippen LogP contribution in [0.1, 0.15) is 15.9 Å².